The van der Waals surface area contributed by atoms with Crippen molar-refractivity contribution in [3.63, 3.8) is 0 Å². The summed E-state index contributed by atoms with van der Waals surface area (Å²) < 4.78 is 0. The van der Waals surface area contributed by atoms with E-state index >= 15 is 0 Å². The van der Waals surface area contributed by atoms with Crippen LogP contribution in [0.2, 0.25) is 0 Å². The number of H-pyrrole nitrogens is 1. The molecule has 2 aromatic rings. The molecule has 0 fully saturated rings. The van der Waals surface area contributed by atoms with Crippen LogP contribution in [0, 0.1) is 18.3 Å². The largest absolute Gasteiger partial charge is 0.380 e. The second-order valence-corrected chi connectivity index (χ2v) is 3.62. The highest BCUT2D eigenvalue weighted by molar-refractivity contribution is 5.58. The van der Waals surface area contributed by atoms with Gasteiger partial charge < -0.3 is 5.32 Å². The van der Waals surface area contributed by atoms with Gasteiger partial charge in [-0.25, -0.2) is 0 Å². The van der Waals surface area contributed by atoms with Gasteiger partial charge in [0.2, 0.25) is 0 Å². The monoisotopic (exact) mass is 212 g/mol. The molecule has 4 heteroatoms. The van der Waals surface area contributed by atoms with Crippen molar-refractivity contribution in [2.75, 3.05) is 5.32 Å². The van der Waals surface area contributed by atoms with Crippen LogP contribution < -0.4 is 5.32 Å². The van der Waals surface area contributed by atoms with Crippen molar-refractivity contribution in [3.05, 3.63) is 47.3 Å². The number of aromatic amines is 1. The number of hydrogen-bond acceptors (Lipinski definition) is 3. The smallest absolute Gasteiger partial charge is 0.101 e. The Balaban J connectivity index is 2.13. The number of benzene rings is 1. The normalized spacial score (nSPS) is 9.75. The second-order valence-electron chi connectivity index (χ2n) is 3.62. The fourth-order valence-electron chi connectivity index (χ4n) is 1.48. The fourth-order valence-corrected chi connectivity index (χ4v) is 1.48. The number of rotatable bonds is 3. The molecule has 0 amide bonds. The van der Waals surface area contributed by atoms with Crippen molar-refractivity contribution in [1.82, 2.24) is 10.2 Å². The van der Waals surface area contributed by atoms with Gasteiger partial charge >= 0.3 is 0 Å². The molecule has 0 aliphatic rings. The maximum atomic E-state index is 8.99. The molecule has 1 aromatic carbocycles. The molecular formula is C12H12N4. The Bertz CT molecular complexity index is 508. The van der Waals surface area contributed by atoms with Gasteiger partial charge in [-0.15, -0.1) is 0 Å². The Labute approximate surface area is 93.9 Å². The van der Waals surface area contributed by atoms with Crippen molar-refractivity contribution in [2.45, 2.75) is 13.5 Å². The van der Waals surface area contributed by atoms with Gasteiger partial charge in [0, 0.05) is 18.3 Å². The van der Waals surface area contributed by atoms with Gasteiger partial charge in [0.1, 0.15) is 6.07 Å². The van der Waals surface area contributed by atoms with E-state index in [1.54, 1.807) is 6.20 Å². The lowest BCUT2D eigenvalue weighted by atomic mass is 10.1. The zero-order chi connectivity index (χ0) is 11.4. The molecule has 4 nitrogen and oxygen atoms in total. The van der Waals surface area contributed by atoms with Crippen LogP contribution in [0.25, 0.3) is 0 Å². The molecule has 0 radical (unpaired) electrons. The van der Waals surface area contributed by atoms with Crippen molar-refractivity contribution in [2.24, 2.45) is 0 Å². The summed E-state index contributed by atoms with van der Waals surface area (Å²) in [5.74, 6) is 0. The summed E-state index contributed by atoms with van der Waals surface area (Å²) in [7, 11) is 0. The quantitative estimate of drug-likeness (QED) is 0.819. The van der Waals surface area contributed by atoms with Gasteiger partial charge in [0.05, 0.1) is 17.4 Å². The lowest BCUT2D eigenvalue weighted by molar-refractivity contribution is 1.09. The summed E-state index contributed by atoms with van der Waals surface area (Å²) in [5.41, 5.74) is 3.67. The Morgan fingerprint density at radius 3 is 3.06 bits per heavy atom. The molecule has 0 aliphatic carbocycles. The number of anilines is 1. The maximum absolute atomic E-state index is 8.99. The first-order chi connectivity index (χ1) is 7.79. The van der Waals surface area contributed by atoms with Crippen molar-refractivity contribution >= 4 is 5.69 Å². The lowest BCUT2D eigenvalue weighted by Gasteiger charge is -2.07. The predicted octanol–water partition coefficient (Wildman–Crippen LogP) is 2.20. The molecule has 16 heavy (non-hydrogen) atoms. The summed E-state index contributed by atoms with van der Waals surface area (Å²) in [4.78, 5) is 0. The fraction of sp³-hybridized carbons (Fsp3) is 0.167. The molecule has 0 unspecified atom stereocenters. The second kappa shape index (κ2) is 4.49. The van der Waals surface area contributed by atoms with Gasteiger partial charge in [-0.1, -0.05) is 6.07 Å². The number of nitrogens with zero attached hydrogens (tertiary/aromatic N) is 2. The highest BCUT2D eigenvalue weighted by Gasteiger charge is 2.01. The summed E-state index contributed by atoms with van der Waals surface area (Å²) in [5, 5.41) is 18.8. The first kappa shape index (κ1) is 10.2. The molecule has 80 valence electrons. The predicted molar refractivity (Wildman–Crippen MR) is 61.8 cm³/mol. The third kappa shape index (κ3) is 2.20. The minimum atomic E-state index is 0.661. The van der Waals surface area contributed by atoms with Crippen LogP contribution in [0.5, 0.6) is 0 Å². The topological polar surface area (TPSA) is 64.5 Å². The van der Waals surface area contributed by atoms with E-state index in [4.69, 9.17) is 5.26 Å². The first-order valence-corrected chi connectivity index (χ1v) is 5.02. The Morgan fingerprint density at radius 1 is 1.50 bits per heavy atom. The van der Waals surface area contributed by atoms with Crippen LogP contribution in [0.3, 0.4) is 0 Å². The van der Waals surface area contributed by atoms with Gasteiger partial charge in [0.25, 0.3) is 0 Å². The van der Waals surface area contributed by atoms with Crippen LogP contribution in [0.1, 0.15) is 16.7 Å². The molecule has 0 bridgehead atoms. The molecule has 1 aromatic heterocycles. The van der Waals surface area contributed by atoms with Crippen LogP contribution in [0.15, 0.2) is 30.6 Å². The van der Waals surface area contributed by atoms with E-state index in [0.29, 0.717) is 12.1 Å². The SMILES string of the molecule is Cc1ccc(NCc2cn[nH]c2)c(C#N)c1. The first-order valence-electron chi connectivity index (χ1n) is 5.02. The van der Waals surface area contributed by atoms with Crippen LogP contribution >= 0.6 is 0 Å². The van der Waals surface area contributed by atoms with E-state index in [-0.39, 0.29) is 0 Å². The summed E-state index contributed by atoms with van der Waals surface area (Å²) in [6.07, 6.45) is 3.58. The zero-order valence-electron chi connectivity index (χ0n) is 8.99. The molecule has 2 rings (SSSR count). The third-order valence-electron chi connectivity index (χ3n) is 2.33. The van der Waals surface area contributed by atoms with E-state index in [2.05, 4.69) is 21.6 Å². The van der Waals surface area contributed by atoms with Gasteiger partial charge in [0.15, 0.2) is 0 Å². The Hall–Kier alpha value is -2.28. The van der Waals surface area contributed by atoms with Crippen LogP contribution in [-0.2, 0) is 6.54 Å². The number of nitriles is 1. The summed E-state index contributed by atoms with van der Waals surface area (Å²) in [6.45, 7) is 2.63. The molecular weight excluding hydrogens is 200 g/mol. The molecule has 0 saturated heterocycles. The summed E-state index contributed by atoms with van der Waals surface area (Å²) in [6, 6.07) is 7.96. The van der Waals surface area contributed by atoms with Crippen molar-refractivity contribution in [3.8, 4) is 6.07 Å². The third-order valence-corrected chi connectivity index (χ3v) is 2.33. The number of nitrogens with one attached hydrogen (secondary N) is 2. The molecule has 0 aliphatic heterocycles. The number of aryl methyl sites for hydroxylation is 1. The van der Waals surface area contributed by atoms with Gasteiger partial charge in [-0.3, -0.25) is 5.10 Å². The average molecular weight is 212 g/mol. The van der Waals surface area contributed by atoms with E-state index in [1.807, 2.05) is 31.3 Å². The number of hydrogen-bond donors (Lipinski definition) is 2. The van der Waals surface area contributed by atoms with Gasteiger partial charge in [-0.2, -0.15) is 10.4 Å². The van der Waals surface area contributed by atoms with E-state index in [9.17, 15) is 0 Å². The van der Waals surface area contributed by atoms with Crippen molar-refractivity contribution in [1.29, 1.82) is 5.26 Å². The average Bonchev–Trinajstić information content (AvgIpc) is 2.80. The molecule has 0 spiro atoms. The molecule has 0 atom stereocenters. The molecule has 0 saturated carbocycles. The van der Waals surface area contributed by atoms with Crippen LogP contribution in [0.4, 0.5) is 5.69 Å². The highest BCUT2D eigenvalue weighted by Crippen LogP contribution is 2.16. The molecule has 2 N–H and O–H groups in total. The van der Waals surface area contributed by atoms with E-state index in [1.165, 1.54) is 0 Å². The highest BCUT2D eigenvalue weighted by atomic mass is 15.1. The Kier molecular flexibility index (Phi) is 2.88. The standard InChI is InChI=1S/C12H12N4/c1-9-2-3-12(11(4-9)5-13)14-6-10-7-15-16-8-10/h2-4,7-8,14H,6H2,1H3,(H,15,16). The lowest BCUT2D eigenvalue weighted by Crippen LogP contribution is -2.00. The Morgan fingerprint density at radius 2 is 2.38 bits per heavy atom. The molecule has 1 heterocycles. The van der Waals surface area contributed by atoms with Crippen LogP contribution in [-0.4, -0.2) is 10.2 Å². The van der Waals surface area contributed by atoms with Crippen molar-refractivity contribution < 1.29 is 0 Å². The van der Waals surface area contributed by atoms with Gasteiger partial charge in [-0.05, 0) is 24.6 Å². The van der Waals surface area contributed by atoms with E-state index in [0.717, 1.165) is 16.8 Å². The minimum Gasteiger partial charge on any atom is -0.380 e. The minimum absolute atomic E-state index is 0.661. The number of aromatic nitrogens is 2. The van der Waals surface area contributed by atoms with E-state index < -0.39 is 0 Å². The maximum Gasteiger partial charge on any atom is 0.101 e. The summed E-state index contributed by atoms with van der Waals surface area (Å²) >= 11 is 0. The zero-order valence-corrected chi connectivity index (χ0v) is 8.99.